The number of nitrogens with zero attached hydrogens (tertiary/aromatic N) is 2. The lowest BCUT2D eigenvalue weighted by Crippen LogP contribution is -2.03. The van der Waals surface area contributed by atoms with E-state index in [9.17, 15) is 4.55 Å². The van der Waals surface area contributed by atoms with E-state index in [1.807, 2.05) is 37.3 Å². The van der Waals surface area contributed by atoms with Crippen LogP contribution in [-0.2, 0) is 11.2 Å². The van der Waals surface area contributed by atoms with E-state index in [4.69, 9.17) is 0 Å². The smallest absolute Gasteiger partial charge is 0.152 e. The Kier molecular flexibility index (Phi) is 3.23. The average Bonchev–Trinajstić information content (AvgIpc) is 2.90. The van der Waals surface area contributed by atoms with Gasteiger partial charge in [-0.2, -0.15) is 0 Å². The van der Waals surface area contributed by atoms with Crippen LogP contribution in [0.15, 0.2) is 47.6 Å². The number of pyridine rings is 1. The van der Waals surface area contributed by atoms with Crippen molar-refractivity contribution in [3.8, 4) is 11.4 Å². The maximum atomic E-state index is 11.7. The van der Waals surface area contributed by atoms with Gasteiger partial charge in [0.15, 0.2) is 4.90 Å². The number of hydrogen-bond acceptors (Lipinski definition) is 3. The van der Waals surface area contributed by atoms with Gasteiger partial charge < -0.3 is 9.54 Å². The van der Waals surface area contributed by atoms with Crippen molar-refractivity contribution >= 4 is 22.2 Å². The van der Waals surface area contributed by atoms with Gasteiger partial charge in [0.2, 0.25) is 0 Å². The third-order valence-corrected chi connectivity index (χ3v) is 4.26. The van der Waals surface area contributed by atoms with E-state index in [2.05, 4.69) is 15.0 Å². The average molecular weight is 271 g/mol. The molecule has 2 heterocycles. The van der Waals surface area contributed by atoms with Gasteiger partial charge in [-0.15, -0.1) is 0 Å². The van der Waals surface area contributed by atoms with E-state index in [0.29, 0.717) is 5.75 Å². The van der Waals surface area contributed by atoms with E-state index >= 15 is 0 Å². The van der Waals surface area contributed by atoms with Crippen molar-refractivity contribution in [1.82, 2.24) is 15.0 Å². The number of hydrogen-bond donors (Lipinski definition) is 1. The predicted octanol–water partition coefficient (Wildman–Crippen LogP) is 2.75. The number of fused-ring (bicyclic) bond motifs is 1. The number of aromatic amines is 1. The number of H-pyrrole nitrogens is 1. The lowest BCUT2D eigenvalue weighted by atomic mass is 10.2. The summed E-state index contributed by atoms with van der Waals surface area (Å²) < 4.78 is 11.7. The number of nitrogens with one attached hydrogen (secondary N) is 1. The van der Waals surface area contributed by atoms with Crippen LogP contribution < -0.4 is 0 Å². The molecule has 0 amide bonds. The largest absolute Gasteiger partial charge is 0.611 e. The molecule has 96 valence electrons. The van der Waals surface area contributed by atoms with Crippen molar-refractivity contribution in [3.05, 3.63) is 42.7 Å². The summed E-state index contributed by atoms with van der Waals surface area (Å²) in [7, 11) is 0. The van der Waals surface area contributed by atoms with Gasteiger partial charge in [-0.3, -0.25) is 4.98 Å². The summed E-state index contributed by atoms with van der Waals surface area (Å²) >= 11 is -0.910. The normalized spacial score (nSPS) is 12.7. The fourth-order valence-electron chi connectivity index (χ4n) is 1.92. The second kappa shape index (κ2) is 5.03. The molecule has 3 aromatic rings. The minimum absolute atomic E-state index is 0.635. The van der Waals surface area contributed by atoms with Crippen LogP contribution in [0.25, 0.3) is 22.4 Å². The molecular weight excluding hydrogens is 258 g/mol. The minimum atomic E-state index is -0.910. The first kappa shape index (κ1) is 12.2. The molecule has 0 bridgehead atoms. The molecule has 3 rings (SSSR count). The number of rotatable bonds is 3. The summed E-state index contributed by atoms with van der Waals surface area (Å²) in [5, 5.41) is 0. The third-order valence-electron chi connectivity index (χ3n) is 2.94. The van der Waals surface area contributed by atoms with Crippen molar-refractivity contribution in [2.75, 3.05) is 5.75 Å². The van der Waals surface area contributed by atoms with Gasteiger partial charge in [-0.05, 0) is 48.4 Å². The summed E-state index contributed by atoms with van der Waals surface area (Å²) in [6.45, 7) is 1.91. The van der Waals surface area contributed by atoms with E-state index in [1.54, 1.807) is 12.4 Å². The second-order valence-corrected chi connectivity index (χ2v) is 5.88. The molecule has 0 aliphatic carbocycles. The van der Waals surface area contributed by atoms with Gasteiger partial charge in [0.1, 0.15) is 17.1 Å². The van der Waals surface area contributed by atoms with Crippen molar-refractivity contribution < 1.29 is 4.55 Å². The Morgan fingerprint density at radius 2 is 2.00 bits per heavy atom. The van der Waals surface area contributed by atoms with Crippen molar-refractivity contribution in [3.63, 3.8) is 0 Å². The number of imidazole rings is 1. The van der Waals surface area contributed by atoms with Crippen LogP contribution in [0.4, 0.5) is 0 Å². The fraction of sp³-hybridized carbons (Fsp3) is 0.143. The van der Waals surface area contributed by atoms with Gasteiger partial charge in [0, 0.05) is 11.8 Å². The molecule has 2 aromatic heterocycles. The molecule has 19 heavy (non-hydrogen) atoms. The van der Waals surface area contributed by atoms with Gasteiger partial charge in [-0.1, -0.05) is 0 Å². The molecule has 1 N–H and O–H groups in total. The van der Waals surface area contributed by atoms with Gasteiger partial charge in [-0.25, -0.2) is 4.98 Å². The van der Waals surface area contributed by atoms with Crippen LogP contribution in [0.5, 0.6) is 0 Å². The lowest BCUT2D eigenvalue weighted by molar-refractivity contribution is 0.596. The highest BCUT2D eigenvalue weighted by Gasteiger charge is 2.09. The Balaban J connectivity index is 1.97. The Morgan fingerprint density at radius 3 is 2.68 bits per heavy atom. The molecule has 0 aliphatic rings. The summed E-state index contributed by atoms with van der Waals surface area (Å²) in [6, 6.07) is 9.55. The Bertz CT molecular complexity index is 660. The Morgan fingerprint density at radius 1 is 1.21 bits per heavy atom. The lowest BCUT2D eigenvalue weighted by Gasteiger charge is -2.07. The summed E-state index contributed by atoms with van der Waals surface area (Å²) in [6.07, 6.45) is 3.47. The van der Waals surface area contributed by atoms with Crippen molar-refractivity contribution in [2.24, 2.45) is 0 Å². The molecule has 0 saturated carbocycles. The maximum absolute atomic E-state index is 11.7. The first-order valence-corrected chi connectivity index (χ1v) is 7.38. The van der Waals surface area contributed by atoms with Crippen LogP contribution in [-0.4, -0.2) is 25.3 Å². The zero-order valence-electron chi connectivity index (χ0n) is 10.5. The summed E-state index contributed by atoms with van der Waals surface area (Å²) in [5.41, 5.74) is 2.79. The molecule has 0 radical (unpaired) electrons. The van der Waals surface area contributed by atoms with E-state index in [1.165, 1.54) is 0 Å². The summed E-state index contributed by atoms with van der Waals surface area (Å²) in [4.78, 5) is 12.6. The number of benzene rings is 1. The second-order valence-electron chi connectivity index (χ2n) is 4.14. The molecule has 0 spiro atoms. The quantitative estimate of drug-likeness (QED) is 0.745. The topological polar surface area (TPSA) is 64.6 Å². The zero-order chi connectivity index (χ0) is 13.2. The SMILES string of the molecule is CC[S+]([O-])c1ccc(-c2nc3cnccc3[nH]2)cc1. The van der Waals surface area contributed by atoms with Crippen molar-refractivity contribution in [1.29, 1.82) is 0 Å². The van der Waals surface area contributed by atoms with Crippen LogP contribution in [0.3, 0.4) is 0 Å². The number of aromatic nitrogens is 3. The molecule has 0 saturated heterocycles. The van der Waals surface area contributed by atoms with Gasteiger partial charge >= 0.3 is 0 Å². The van der Waals surface area contributed by atoms with E-state index in [0.717, 1.165) is 27.3 Å². The molecule has 1 atom stereocenters. The molecule has 1 aromatic carbocycles. The molecule has 4 nitrogen and oxygen atoms in total. The molecule has 1 unspecified atom stereocenters. The van der Waals surface area contributed by atoms with Crippen LogP contribution in [0, 0.1) is 0 Å². The monoisotopic (exact) mass is 271 g/mol. The minimum Gasteiger partial charge on any atom is -0.611 e. The van der Waals surface area contributed by atoms with E-state index in [-0.39, 0.29) is 0 Å². The Labute approximate surface area is 114 Å². The highest BCUT2D eigenvalue weighted by atomic mass is 32.2. The standard InChI is InChI=1S/C14H13N3OS/c1-2-19(18)11-5-3-10(4-6-11)14-16-12-7-8-15-9-13(12)17-14/h3-9H,2H2,1H3,(H,16,17). The van der Waals surface area contributed by atoms with Gasteiger partial charge in [0.25, 0.3) is 0 Å². The van der Waals surface area contributed by atoms with Crippen LogP contribution in [0.2, 0.25) is 0 Å². The maximum Gasteiger partial charge on any atom is 0.152 e. The van der Waals surface area contributed by atoms with Crippen molar-refractivity contribution in [2.45, 2.75) is 11.8 Å². The van der Waals surface area contributed by atoms with Crippen LogP contribution >= 0.6 is 0 Å². The predicted molar refractivity (Wildman–Crippen MR) is 76.3 cm³/mol. The van der Waals surface area contributed by atoms with Crippen LogP contribution in [0.1, 0.15) is 6.92 Å². The summed E-state index contributed by atoms with van der Waals surface area (Å²) in [5.74, 6) is 1.44. The fourth-order valence-corrected chi connectivity index (χ4v) is 2.70. The first-order valence-electron chi connectivity index (χ1n) is 6.06. The molecule has 0 aliphatic heterocycles. The highest BCUT2D eigenvalue weighted by Crippen LogP contribution is 2.21. The third kappa shape index (κ3) is 2.34. The first-order chi connectivity index (χ1) is 9.28. The van der Waals surface area contributed by atoms with E-state index < -0.39 is 11.2 Å². The van der Waals surface area contributed by atoms with Gasteiger partial charge in [0.05, 0.1) is 11.7 Å². The molecule has 5 heteroatoms. The molecule has 0 fully saturated rings. The zero-order valence-corrected chi connectivity index (χ0v) is 11.3. The molecular formula is C14H13N3OS. The highest BCUT2D eigenvalue weighted by molar-refractivity contribution is 7.91. The Hall–Kier alpha value is -1.85.